The first-order valence-corrected chi connectivity index (χ1v) is 6.48. The van der Waals surface area contributed by atoms with Gasteiger partial charge < -0.3 is 5.11 Å². The van der Waals surface area contributed by atoms with Gasteiger partial charge in [0.2, 0.25) is 0 Å². The second-order valence-electron chi connectivity index (χ2n) is 3.92. The standard InChI is InChI=1S/C10H17FO2P/c1-4-14(13)10(12)8-5-6(2)9(11)7(8)3/h6,8,10,12H,4-5H2,1-3H3/q+1/t6?,8-,10?/m0/s1. The number of aliphatic hydroxyl groups excluding tert-OH is 1. The Morgan fingerprint density at radius 3 is 2.64 bits per heavy atom. The first-order valence-electron chi connectivity index (χ1n) is 4.97. The molecule has 0 saturated carbocycles. The first-order chi connectivity index (χ1) is 6.49. The fourth-order valence-corrected chi connectivity index (χ4v) is 3.08. The highest BCUT2D eigenvalue weighted by Crippen LogP contribution is 2.44. The van der Waals surface area contributed by atoms with E-state index in [0.29, 0.717) is 18.2 Å². The number of halogens is 1. The molecule has 0 bridgehead atoms. The van der Waals surface area contributed by atoms with Crippen molar-refractivity contribution in [3.8, 4) is 0 Å². The van der Waals surface area contributed by atoms with Gasteiger partial charge in [0.15, 0.2) is 0 Å². The summed E-state index contributed by atoms with van der Waals surface area (Å²) in [7, 11) is -1.61. The van der Waals surface area contributed by atoms with Gasteiger partial charge in [-0.15, -0.1) is 0 Å². The molecule has 1 aliphatic rings. The molecule has 0 aliphatic heterocycles. The molecule has 1 rings (SSSR count). The Labute approximate surface area is 85.0 Å². The lowest BCUT2D eigenvalue weighted by molar-refractivity contribution is 0.195. The highest BCUT2D eigenvalue weighted by molar-refractivity contribution is 7.45. The van der Waals surface area contributed by atoms with Crippen molar-refractivity contribution in [2.75, 3.05) is 6.16 Å². The van der Waals surface area contributed by atoms with Gasteiger partial charge in [-0.2, -0.15) is 0 Å². The summed E-state index contributed by atoms with van der Waals surface area (Å²) >= 11 is 0. The molecular weight excluding hydrogens is 202 g/mol. The SMILES string of the molecule is CC[P+](=O)C(O)[C@H]1CC(C)C(F)=C1C. The molecule has 0 aromatic rings. The second kappa shape index (κ2) is 4.50. The minimum atomic E-state index is -1.61. The fraction of sp³-hybridized carbons (Fsp3) is 0.800. The molecule has 0 radical (unpaired) electrons. The van der Waals surface area contributed by atoms with E-state index in [1.807, 2.05) is 0 Å². The number of aliphatic hydroxyl groups is 1. The minimum Gasteiger partial charge on any atom is -0.350 e. The summed E-state index contributed by atoms with van der Waals surface area (Å²) < 4.78 is 24.8. The van der Waals surface area contributed by atoms with Gasteiger partial charge in [-0.3, -0.25) is 0 Å². The van der Waals surface area contributed by atoms with E-state index >= 15 is 0 Å². The van der Waals surface area contributed by atoms with Gasteiger partial charge >= 0.3 is 7.80 Å². The topological polar surface area (TPSA) is 37.3 Å². The van der Waals surface area contributed by atoms with Crippen LogP contribution in [0.15, 0.2) is 11.4 Å². The smallest absolute Gasteiger partial charge is 0.350 e. The van der Waals surface area contributed by atoms with Crippen molar-refractivity contribution in [2.24, 2.45) is 11.8 Å². The Bertz CT molecular complexity index is 275. The van der Waals surface area contributed by atoms with E-state index in [0.717, 1.165) is 0 Å². The Kier molecular flexibility index (Phi) is 3.79. The number of allylic oxidation sites excluding steroid dienone is 1. The molecule has 1 aliphatic carbocycles. The Morgan fingerprint density at radius 1 is 1.71 bits per heavy atom. The monoisotopic (exact) mass is 219 g/mol. The van der Waals surface area contributed by atoms with Crippen LogP contribution in [0.5, 0.6) is 0 Å². The number of hydrogen-bond acceptors (Lipinski definition) is 2. The van der Waals surface area contributed by atoms with Crippen LogP contribution >= 0.6 is 7.80 Å². The van der Waals surface area contributed by atoms with E-state index in [4.69, 9.17) is 0 Å². The van der Waals surface area contributed by atoms with E-state index in [1.54, 1.807) is 20.8 Å². The van der Waals surface area contributed by atoms with Crippen molar-refractivity contribution in [3.63, 3.8) is 0 Å². The normalized spacial score (nSPS) is 30.8. The van der Waals surface area contributed by atoms with E-state index in [-0.39, 0.29) is 17.7 Å². The van der Waals surface area contributed by atoms with Crippen LogP contribution in [0.25, 0.3) is 0 Å². The van der Waals surface area contributed by atoms with Gasteiger partial charge in [0.1, 0.15) is 12.0 Å². The van der Waals surface area contributed by atoms with Crippen molar-refractivity contribution < 1.29 is 14.1 Å². The van der Waals surface area contributed by atoms with Gasteiger partial charge in [0.25, 0.3) is 5.85 Å². The average molecular weight is 219 g/mol. The number of rotatable bonds is 3. The van der Waals surface area contributed by atoms with Gasteiger partial charge in [-0.25, -0.2) is 4.39 Å². The summed E-state index contributed by atoms with van der Waals surface area (Å²) in [5.41, 5.74) is 0.585. The van der Waals surface area contributed by atoms with Crippen molar-refractivity contribution in [2.45, 2.75) is 33.0 Å². The van der Waals surface area contributed by atoms with Crippen LogP contribution in [0.4, 0.5) is 4.39 Å². The highest BCUT2D eigenvalue weighted by Gasteiger charge is 2.41. The maximum atomic E-state index is 13.4. The molecule has 0 fully saturated rings. The molecule has 0 aromatic heterocycles. The predicted octanol–water partition coefficient (Wildman–Crippen LogP) is 3.05. The van der Waals surface area contributed by atoms with Crippen LogP contribution in [0, 0.1) is 11.8 Å². The summed E-state index contributed by atoms with van der Waals surface area (Å²) in [6.45, 7) is 5.26. The summed E-state index contributed by atoms with van der Waals surface area (Å²) in [5.74, 6) is -1.37. The van der Waals surface area contributed by atoms with E-state index in [9.17, 15) is 14.1 Å². The van der Waals surface area contributed by atoms with Crippen LogP contribution < -0.4 is 0 Å². The molecular formula is C10H17FO2P+. The molecule has 0 amide bonds. The van der Waals surface area contributed by atoms with Crippen molar-refractivity contribution in [1.82, 2.24) is 0 Å². The molecule has 14 heavy (non-hydrogen) atoms. The third kappa shape index (κ3) is 2.04. The summed E-state index contributed by atoms with van der Waals surface area (Å²) in [6, 6.07) is 0. The van der Waals surface area contributed by atoms with Crippen molar-refractivity contribution in [3.05, 3.63) is 11.4 Å². The molecule has 0 spiro atoms. The first kappa shape index (κ1) is 11.8. The van der Waals surface area contributed by atoms with Crippen molar-refractivity contribution in [1.29, 1.82) is 0 Å². The van der Waals surface area contributed by atoms with E-state index < -0.39 is 13.6 Å². The van der Waals surface area contributed by atoms with Crippen LogP contribution in [0.1, 0.15) is 27.2 Å². The van der Waals surface area contributed by atoms with Crippen LogP contribution in [-0.4, -0.2) is 17.1 Å². The lowest BCUT2D eigenvalue weighted by atomic mass is 10.0. The van der Waals surface area contributed by atoms with Crippen LogP contribution in [0.2, 0.25) is 0 Å². The molecule has 4 atom stereocenters. The molecule has 0 heterocycles. The molecule has 0 saturated heterocycles. The van der Waals surface area contributed by atoms with Gasteiger partial charge in [-0.1, -0.05) is 11.5 Å². The summed E-state index contributed by atoms with van der Waals surface area (Å²) in [4.78, 5) is 0. The third-order valence-corrected chi connectivity index (χ3v) is 4.51. The molecule has 0 aromatic carbocycles. The molecule has 3 unspecified atom stereocenters. The average Bonchev–Trinajstić information content (AvgIpc) is 2.43. The summed E-state index contributed by atoms with van der Waals surface area (Å²) in [6.07, 6.45) is 1.04. The van der Waals surface area contributed by atoms with Gasteiger partial charge in [0.05, 0.1) is 5.92 Å². The maximum absolute atomic E-state index is 13.4. The zero-order valence-corrected chi connectivity index (χ0v) is 9.72. The van der Waals surface area contributed by atoms with E-state index in [1.165, 1.54) is 0 Å². The van der Waals surface area contributed by atoms with E-state index in [2.05, 4.69) is 0 Å². The Morgan fingerprint density at radius 2 is 2.29 bits per heavy atom. The van der Waals surface area contributed by atoms with Crippen LogP contribution in [-0.2, 0) is 4.57 Å². The lowest BCUT2D eigenvalue weighted by Gasteiger charge is -2.10. The number of hydrogen-bond donors (Lipinski definition) is 1. The van der Waals surface area contributed by atoms with Gasteiger partial charge in [0, 0.05) is 5.92 Å². The minimum absolute atomic E-state index is 0.130. The van der Waals surface area contributed by atoms with Crippen LogP contribution in [0.3, 0.4) is 0 Å². The molecule has 1 N–H and O–H groups in total. The Balaban J connectivity index is 2.78. The maximum Gasteiger partial charge on any atom is 0.370 e. The summed E-state index contributed by atoms with van der Waals surface area (Å²) in [5, 5.41) is 9.74. The van der Waals surface area contributed by atoms with Crippen molar-refractivity contribution >= 4 is 7.80 Å². The zero-order chi connectivity index (χ0) is 10.9. The fourth-order valence-electron chi connectivity index (χ4n) is 1.96. The lowest BCUT2D eigenvalue weighted by Crippen LogP contribution is -2.16. The quantitative estimate of drug-likeness (QED) is 0.741. The second-order valence-corrected chi connectivity index (χ2v) is 5.92. The highest BCUT2D eigenvalue weighted by atomic mass is 31.1. The molecule has 80 valence electrons. The predicted molar refractivity (Wildman–Crippen MR) is 55.2 cm³/mol. The van der Waals surface area contributed by atoms with Gasteiger partial charge in [-0.05, 0) is 25.8 Å². The zero-order valence-electron chi connectivity index (χ0n) is 8.83. The molecule has 2 nitrogen and oxygen atoms in total. The third-order valence-electron chi connectivity index (χ3n) is 2.94. The Hall–Kier alpha value is -0.270. The largest absolute Gasteiger partial charge is 0.370 e. The molecule has 4 heteroatoms.